The molecule has 0 spiro atoms. The Labute approximate surface area is 183 Å². The summed E-state index contributed by atoms with van der Waals surface area (Å²) in [7, 11) is 0. The molecule has 1 aromatic carbocycles. The first-order chi connectivity index (χ1) is 14.0. The maximum absolute atomic E-state index is 13.1. The van der Waals surface area contributed by atoms with Crippen LogP contribution in [0.25, 0.3) is 0 Å². The van der Waals surface area contributed by atoms with Gasteiger partial charge in [0.2, 0.25) is 0 Å². The third-order valence-corrected chi connectivity index (χ3v) is 7.37. The Hall–Kier alpha value is -0.840. The highest BCUT2D eigenvalue weighted by Gasteiger charge is 2.35. The summed E-state index contributed by atoms with van der Waals surface area (Å²) >= 11 is 1.95. The SMILES string of the molecule is CCCCCCC(CCC)CSc1ccc(C(=O)C(C)(C)N2CCOCC2)cc1. The first-order valence-corrected chi connectivity index (χ1v) is 12.6. The highest BCUT2D eigenvalue weighted by molar-refractivity contribution is 7.99. The van der Waals surface area contributed by atoms with E-state index in [1.54, 1.807) is 0 Å². The first-order valence-electron chi connectivity index (χ1n) is 11.6. The van der Waals surface area contributed by atoms with Crippen molar-refractivity contribution >= 4 is 17.5 Å². The number of thioether (sulfide) groups is 1. The average Bonchev–Trinajstić information content (AvgIpc) is 2.75. The van der Waals surface area contributed by atoms with E-state index in [0.717, 1.165) is 24.6 Å². The van der Waals surface area contributed by atoms with Crippen LogP contribution in [-0.2, 0) is 4.74 Å². The van der Waals surface area contributed by atoms with Gasteiger partial charge in [0.15, 0.2) is 5.78 Å². The molecule has 0 N–H and O–H groups in total. The third kappa shape index (κ3) is 7.73. The highest BCUT2D eigenvalue weighted by Crippen LogP contribution is 2.28. The van der Waals surface area contributed by atoms with Gasteiger partial charge in [0.25, 0.3) is 0 Å². The Kier molecular flexibility index (Phi) is 10.8. The van der Waals surface area contributed by atoms with Gasteiger partial charge in [-0.05, 0) is 44.7 Å². The van der Waals surface area contributed by atoms with Gasteiger partial charge in [0.05, 0.1) is 18.8 Å². The minimum absolute atomic E-state index is 0.204. The Morgan fingerprint density at radius 2 is 1.72 bits per heavy atom. The second-order valence-electron chi connectivity index (χ2n) is 8.83. The number of unbranched alkanes of at least 4 members (excludes halogenated alkanes) is 3. The molecule has 4 heteroatoms. The lowest BCUT2D eigenvalue weighted by Crippen LogP contribution is -2.54. The summed E-state index contributed by atoms with van der Waals surface area (Å²) in [5, 5.41) is 0. The zero-order valence-corrected chi connectivity index (χ0v) is 19.9. The van der Waals surface area contributed by atoms with Crippen LogP contribution in [0.15, 0.2) is 29.2 Å². The van der Waals surface area contributed by atoms with Crippen LogP contribution >= 0.6 is 11.8 Å². The van der Waals surface area contributed by atoms with Crippen molar-refractivity contribution in [3.05, 3.63) is 29.8 Å². The molecule has 0 aliphatic carbocycles. The maximum atomic E-state index is 13.1. The van der Waals surface area contributed by atoms with Crippen LogP contribution in [0.5, 0.6) is 0 Å². The highest BCUT2D eigenvalue weighted by atomic mass is 32.2. The quantitative estimate of drug-likeness (QED) is 0.208. The van der Waals surface area contributed by atoms with E-state index in [1.165, 1.54) is 55.6 Å². The molecule has 1 heterocycles. The van der Waals surface area contributed by atoms with Gasteiger partial charge in [0.1, 0.15) is 0 Å². The zero-order valence-electron chi connectivity index (χ0n) is 19.0. The Balaban J connectivity index is 1.88. The van der Waals surface area contributed by atoms with Crippen molar-refractivity contribution in [2.24, 2.45) is 5.92 Å². The molecule has 1 atom stereocenters. The summed E-state index contributed by atoms with van der Waals surface area (Å²) < 4.78 is 5.44. The molecule has 1 fully saturated rings. The summed E-state index contributed by atoms with van der Waals surface area (Å²) in [4.78, 5) is 16.6. The minimum atomic E-state index is -0.483. The van der Waals surface area contributed by atoms with Gasteiger partial charge in [-0.2, -0.15) is 0 Å². The largest absolute Gasteiger partial charge is 0.379 e. The molecular weight excluding hydrogens is 378 g/mol. The van der Waals surface area contributed by atoms with E-state index in [2.05, 4.69) is 30.9 Å². The Morgan fingerprint density at radius 3 is 2.34 bits per heavy atom. The number of rotatable bonds is 13. The molecule has 164 valence electrons. The number of nitrogens with zero attached hydrogens (tertiary/aromatic N) is 1. The van der Waals surface area contributed by atoms with Crippen molar-refractivity contribution in [2.75, 3.05) is 32.1 Å². The minimum Gasteiger partial charge on any atom is -0.379 e. The predicted octanol–water partition coefficient (Wildman–Crippen LogP) is 6.46. The molecular formula is C25H41NO2S. The van der Waals surface area contributed by atoms with Crippen LogP contribution in [-0.4, -0.2) is 48.3 Å². The summed E-state index contributed by atoms with van der Waals surface area (Å²) in [6.45, 7) is 11.7. The second kappa shape index (κ2) is 12.8. The van der Waals surface area contributed by atoms with Crippen LogP contribution in [0.4, 0.5) is 0 Å². The number of Topliss-reactive ketones (excluding diaryl/α,β-unsaturated/α-hetero) is 1. The fourth-order valence-corrected chi connectivity index (χ4v) is 5.20. The van der Waals surface area contributed by atoms with Crippen LogP contribution < -0.4 is 0 Å². The van der Waals surface area contributed by atoms with E-state index in [4.69, 9.17) is 4.74 Å². The number of carbonyl (C=O) groups is 1. The fourth-order valence-electron chi connectivity index (χ4n) is 4.11. The van der Waals surface area contributed by atoms with Crippen molar-refractivity contribution in [3.8, 4) is 0 Å². The first kappa shape index (κ1) is 24.4. The van der Waals surface area contributed by atoms with Crippen LogP contribution in [0.1, 0.15) is 83.0 Å². The standard InChI is InChI=1S/C25H41NO2S/c1-5-7-8-9-11-21(10-6-2)20-29-23-14-12-22(13-15-23)24(27)25(3,4)26-16-18-28-19-17-26/h12-15,21H,5-11,16-20H2,1-4H3. The van der Waals surface area contributed by atoms with Gasteiger partial charge in [-0.1, -0.05) is 58.1 Å². The van der Waals surface area contributed by atoms with E-state index < -0.39 is 5.54 Å². The number of morpholine rings is 1. The second-order valence-corrected chi connectivity index (χ2v) is 9.92. The molecule has 0 aromatic heterocycles. The van der Waals surface area contributed by atoms with E-state index in [9.17, 15) is 4.79 Å². The van der Waals surface area contributed by atoms with Gasteiger partial charge in [-0.3, -0.25) is 9.69 Å². The number of hydrogen-bond donors (Lipinski definition) is 0. The Bertz CT molecular complexity index is 593. The lowest BCUT2D eigenvalue weighted by Gasteiger charge is -2.39. The molecule has 0 saturated carbocycles. The monoisotopic (exact) mass is 419 g/mol. The molecule has 1 unspecified atom stereocenters. The lowest BCUT2D eigenvalue weighted by molar-refractivity contribution is -0.00430. The molecule has 3 nitrogen and oxygen atoms in total. The van der Waals surface area contributed by atoms with Gasteiger partial charge in [0, 0.05) is 29.3 Å². The number of hydrogen-bond acceptors (Lipinski definition) is 4. The van der Waals surface area contributed by atoms with Crippen LogP contribution in [0.3, 0.4) is 0 Å². The molecule has 1 aliphatic heterocycles. The molecule has 1 aromatic rings. The summed E-state index contributed by atoms with van der Waals surface area (Å²) in [5.41, 5.74) is 0.332. The molecule has 0 bridgehead atoms. The molecule has 29 heavy (non-hydrogen) atoms. The van der Waals surface area contributed by atoms with Gasteiger partial charge in [-0.25, -0.2) is 0 Å². The number of ether oxygens (including phenoxy) is 1. The number of ketones is 1. The molecule has 2 rings (SSSR count). The average molecular weight is 420 g/mol. The number of benzene rings is 1. The molecule has 1 aliphatic rings. The fraction of sp³-hybridized carbons (Fsp3) is 0.720. The topological polar surface area (TPSA) is 29.5 Å². The van der Waals surface area contributed by atoms with Crippen molar-refractivity contribution < 1.29 is 9.53 Å². The van der Waals surface area contributed by atoms with Gasteiger partial charge >= 0.3 is 0 Å². The molecule has 0 amide bonds. The van der Waals surface area contributed by atoms with Crippen molar-refractivity contribution in [2.45, 2.75) is 83.1 Å². The van der Waals surface area contributed by atoms with Gasteiger partial charge < -0.3 is 4.74 Å². The maximum Gasteiger partial charge on any atom is 0.182 e. The van der Waals surface area contributed by atoms with E-state index in [1.807, 2.05) is 37.7 Å². The van der Waals surface area contributed by atoms with E-state index in [0.29, 0.717) is 13.2 Å². The van der Waals surface area contributed by atoms with Crippen molar-refractivity contribution in [3.63, 3.8) is 0 Å². The van der Waals surface area contributed by atoms with Crippen molar-refractivity contribution in [1.29, 1.82) is 0 Å². The van der Waals surface area contributed by atoms with Crippen LogP contribution in [0.2, 0.25) is 0 Å². The van der Waals surface area contributed by atoms with Gasteiger partial charge in [-0.15, -0.1) is 11.8 Å². The number of carbonyl (C=O) groups excluding carboxylic acids is 1. The molecule has 0 radical (unpaired) electrons. The summed E-state index contributed by atoms with van der Waals surface area (Å²) in [6.07, 6.45) is 9.35. The predicted molar refractivity (Wildman–Crippen MR) is 125 cm³/mol. The van der Waals surface area contributed by atoms with Crippen molar-refractivity contribution in [1.82, 2.24) is 4.90 Å². The molecule has 1 saturated heterocycles. The van der Waals surface area contributed by atoms with E-state index in [-0.39, 0.29) is 5.78 Å². The lowest BCUT2D eigenvalue weighted by atomic mass is 9.91. The smallest absolute Gasteiger partial charge is 0.182 e. The summed E-state index contributed by atoms with van der Waals surface area (Å²) in [5.74, 6) is 2.20. The third-order valence-electron chi connectivity index (χ3n) is 6.12. The van der Waals surface area contributed by atoms with Crippen LogP contribution in [0, 0.1) is 5.92 Å². The normalized spacial score (nSPS) is 16.7. The Morgan fingerprint density at radius 1 is 1.03 bits per heavy atom. The zero-order chi connectivity index (χ0) is 21.1. The summed E-state index contributed by atoms with van der Waals surface area (Å²) in [6, 6.07) is 8.30. The van der Waals surface area contributed by atoms with E-state index >= 15 is 0 Å².